The molecule has 0 radical (unpaired) electrons. The first-order chi connectivity index (χ1) is 15.7. The number of aromatic carboxylic acids is 1. The van der Waals surface area contributed by atoms with Gasteiger partial charge in [0.1, 0.15) is 11.4 Å². The zero-order chi connectivity index (χ0) is 23.6. The molecule has 1 aromatic heterocycles. The molecule has 33 heavy (non-hydrogen) atoms. The summed E-state index contributed by atoms with van der Waals surface area (Å²) in [5, 5.41) is 10.2. The Labute approximate surface area is 199 Å². The molecule has 0 saturated carbocycles. The molecule has 0 bridgehead atoms. The Balaban J connectivity index is 1.55. The summed E-state index contributed by atoms with van der Waals surface area (Å²) in [6.07, 6.45) is 5.96. The van der Waals surface area contributed by atoms with Gasteiger partial charge in [0, 0.05) is 24.7 Å². The van der Waals surface area contributed by atoms with Gasteiger partial charge in [-0.1, -0.05) is 17.7 Å². The maximum Gasteiger partial charge on any atom is 0.339 e. The van der Waals surface area contributed by atoms with Gasteiger partial charge in [0.25, 0.3) is 10.0 Å². The number of carboxylic acids is 1. The summed E-state index contributed by atoms with van der Waals surface area (Å²) < 4.78 is 28.2. The lowest BCUT2D eigenvalue weighted by Gasteiger charge is -2.36. The quantitative estimate of drug-likeness (QED) is 0.605. The van der Waals surface area contributed by atoms with E-state index in [0.29, 0.717) is 22.3 Å². The first kappa shape index (κ1) is 23.8. The van der Waals surface area contributed by atoms with Crippen LogP contribution in [0, 0.1) is 12.8 Å². The molecule has 0 unspecified atom stereocenters. The Bertz CT molecular complexity index is 1140. The van der Waals surface area contributed by atoms with Crippen molar-refractivity contribution in [2.75, 3.05) is 42.3 Å². The molecule has 10 heteroatoms. The Kier molecular flexibility index (Phi) is 7.11. The van der Waals surface area contributed by atoms with Crippen LogP contribution in [0.1, 0.15) is 41.6 Å². The standard InChI is InChI=1S/C23H29ClN4O4S/c1-16-20(24)7-4-8-21(16)33(31,32)26-18-12-19(23(29)30)22(25-13-18)28-11-5-6-17(15-28)14-27-9-2-3-10-27/h4,7-8,12-13,17,26H,2-3,5-6,9-11,14-15H2,1H3,(H,29,30)/t17-/m0/s1. The van der Waals surface area contributed by atoms with Crippen LogP contribution < -0.4 is 9.62 Å². The number of sulfonamides is 1. The summed E-state index contributed by atoms with van der Waals surface area (Å²) in [6.45, 7) is 6.39. The number of halogens is 1. The van der Waals surface area contributed by atoms with Gasteiger partial charge >= 0.3 is 5.97 Å². The number of aromatic nitrogens is 1. The molecule has 1 aromatic carbocycles. The van der Waals surface area contributed by atoms with Crippen LogP contribution in [0.3, 0.4) is 0 Å². The third-order valence-corrected chi connectivity index (χ3v) is 8.33. The molecule has 4 rings (SSSR count). The Morgan fingerprint density at radius 3 is 2.73 bits per heavy atom. The Morgan fingerprint density at radius 1 is 1.24 bits per heavy atom. The van der Waals surface area contributed by atoms with Crippen molar-refractivity contribution < 1.29 is 18.3 Å². The zero-order valence-electron chi connectivity index (χ0n) is 18.6. The number of piperidine rings is 1. The second-order valence-electron chi connectivity index (χ2n) is 8.83. The second-order valence-corrected chi connectivity index (χ2v) is 10.9. The second kappa shape index (κ2) is 9.87. The molecule has 0 aliphatic carbocycles. The van der Waals surface area contributed by atoms with Crippen molar-refractivity contribution in [3.63, 3.8) is 0 Å². The summed E-state index contributed by atoms with van der Waals surface area (Å²) in [4.78, 5) is 21.0. The highest BCUT2D eigenvalue weighted by atomic mass is 35.5. The summed E-state index contributed by atoms with van der Waals surface area (Å²) in [5.41, 5.74) is 0.507. The number of rotatable bonds is 7. The maximum absolute atomic E-state index is 12.9. The van der Waals surface area contributed by atoms with Crippen molar-refractivity contribution in [2.24, 2.45) is 5.92 Å². The van der Waals surface area contributed by atoms with E-state index in [1.165, 1.54) is 31.2 Å². The number of pyridine rings is 1. The summed E-state index contributed by atoms with van der Waals surface area (Å²) in [6, 6.07) is 5.97. The Morgan fingerprint density at radius 2 is 2.00 bits per heavy atom. The average molecular weight is 493 g/mol. The van der Waals surface area contributed by atoms with Crippen LogP contribution in [-0.2, 0) is 10.0 Å². The van der Waals surface area contributed by atoms with E-state index in [4.69, 9.17) is 11.6 Å². The molecule has 178 valence electrons. The molecule has 2 N–H and O–H groups in total. The number of carbonyl (C=O) groups is 1. The van der Waals surface area contributed by atoms with Crippen molar-refractivity contribution in [2.45, 2.75) is 37.5 Å². The number of benzene rings is 1. The number of nitrogens with one attached hydrogen (secondary N) is 1. The van der Waals surface area contributed by atoms with E-state index < -0.39 is 16.0 Å². The molecule has 2 aromatic rings. The fraction of sp³-hybridized carbons (Fsp3) is 0.478. The van der Waals surface area contributed by atoms with Crippen LogP contribution in [0.2, 0.25) is 5.02 Å². The molecule has 1 atom stereocenters. The van der Waals surface area contributed by atoms with Gasteiger partial charge in [-0.2, -0.15) is 0 Å². The predicted octanol–water partition coefficient (Wildman–Crippen LogP) is 3.85. The van der Waals surface area contributed by atoms with Crippen molar-refractivity contribution in [1.82, 2.24) is 9.88 Å². The third-order valence-electron chi connectivity index (χ3n) is 6.39. The molecule has 8 nitrogen and oxygen atoms in total. The third kappa shape index (κ3) is 5.42. The number of nitrogens with zero attached hydrogens (tertiary/aromatic N) is 3. The SMILES string of the molecule is Cc1c(Cl)cccc1S(=O)(=O)Nc1cnc(N2CCC[C@@H](CN3CCCC3)C2)c(C(=O)O)c1. The fourth-order valence-electron chi connectivity index (χ4n) is 4.75. The van der Waals surface area contributed by atoms with Crippen molar-refractivity contribution in [3.8, 4) is 0 Å². The molecule has 3 heterocycles. The largest absolute Gasteiger partial charge is 0.478 e. The molecular formula is C23H29ClN4O4S. The van der Waals surface area contributed by atoms with Crippen LogP contribution >= 0.6 is 11.6 Å². The van der Waals surface area contributed by atoms with Gasteiger partial charge in [0.15, 0.2) is 0 Å². The van der Waals surface area contributed by atoms with Crippen molar-refractivity contribution in [1.29, 1.82) is 0 Å². The van der Waals surface area contributed by atoms with Crippen LogP contribution in [0.15, 0.2) is 35.4 Å². The number of hydrogen-bond donors (Lipinski definition) is 2. The zero-order valence-corrected chi connectivity index (χ0v) is 20.2. The van der Waals surface area contributed by atoms with E-state index in [1.54, 1.807) is 19.1 Å². The van der Waals surface area contributed by atoms with Gasteiger partial charge in [-0.15, -0.1) is 0 Å². The van der Waals surface area contributed by atoms with Crippen LogP contribution in [0.4, 0.5) is 11.5 Å². The van der Waals surface area contributed by atoms with E-state index in [-0.39, 0.29) is 16.1 Å². The molecule has 2 aliphatic heterocycles. The minimum absolute atomic E-state index is 0.0140. The number of likely N-dealkylation sites (tertiary alicyclic amines) is 1. The van der Waals surface area contributed by atoms with Crippen LogP contribution in [-0.4, -0.2) is 62.1 Å². The lowest BCUT2D eigenvalue weighted by molar-refractivity contribution is 0.0697. The molecule has 0 spiro atoms. The van der Waals surface area contributed by atoms with Gasteiger partial charge in [0.2, 0.25) is 0 Å². The highest BCUT2D eigenvalue weighted by Gasteiger charge is 2.27. The highest BCUT2D eigenvalue weighted by Crippen LogP contribution is 2.29. The van der Waals surface area contributed by atoms with Gasteiger partial charge in [0.05, 0.1) is 16.8 Å². The fourth-order valence-corrected chi connectivity index (χ4v) is 6.28. The van der Waals surface area contributed by atoms with Gasteiger partial charge in [-0.25, -0.2) is 18.2 Å². The first-order valence-electron chi connectivity index (χ1n) is 11.2. The van der Waals surface area contributed by atoms with E-state index in [1.807, 2.05) is 4.90 Å². The predicted molar refractivity (Wildman–Crippen MR) is 129 cm³/mol. The molecule has 2 aliphatic rings. The molecular weight excluding hydrogens is 464 g/mol. The molecule has 2 fully saturated rings. The maximum atomic E-state index is 12.9. The van der Waals surface area contributed by atoms with Crippen LogP contribution in [0.5, 0.6) is 0 Å². The molecule has 2 saturated heterocycles. The summed E-state index contributed by atoms with van der Waals surface area (Å²) in [7, 11) is -3.96. The normalized spacial score (nSPS) is 19.6. The van der Waals surface area contributed by atoms with Crippen LogP contribution in [0.25, 0.3) is 0 Å². The number of carboxylic acid groups (broad SMARTS) is 1. The Hall–Kier alpha value is -2.36. The monoisotopic (exact) mass is 492 g/mol. The van der Waals surface area contributed by atoms with Gasteiger partial charge in [-0.3, -0.25) is 4.72 Å². The van der Waals surface area contributed by atoms with Crippen molar-refractivity contribution in [3.05, 3.63) is 46.6 Å². The van der Waals surface area contributed by atoms with E-state index in [2.05, 4.69) is 14.6 Å². The van der Waals surface area contributed by atoms with E-state index in [0.717, 1.165) is 45.6 Å². The number of anilines is 2. The smallest absolute Gasteiger partial charge is 0.339 e. The topological polar surface area (TPSA) is 103 Å². The minimum Gasteiger partial charge on any atom is -0.478 e. The minimum atomic E-state index is -3.96. The highest BCUT2D eigenvalue weighted by molar-refractivity contribution is 7.92. The number of hydrogen-bond acceptors (Lipinski definition) is 6. The lowest BCUT2D eigenvalue weighted by atomic mass is 9.97. The average Bonchev–Trinajstić information content (AvgIpc) is 3.28. The van der Waals surface area contributed by atoms with Gasteiger partial charge in [-0.05, 0) is 75.4 Å². The summed E-state index contributed by atoms with van der Waals surface area (Å²) >= 11 is 6.07. The lowest BCUT2D eigenvalue weighted by Crippen LogP contribution is -2.41. The van der Waals surface area contributed by atoms with E-state index >= 15 is 0 Å². The van der Waals surface area contributed by atoms with Crippen molar-refractivity contribution >= 4 is 39.1 Å². The first-order valence-corrected chi connectivity index (χ1v) is 13.1. The van der Waals surface area contributed by atoms with Gasteiger partial charge < -0.3 is 14.9 Å². The molecule has 0 amide bonds. The summed E-state index contributed by atoms with van der Waals surface area (Å²) in [5.74, 6) is -0.293. The van der Waals surface area contributed by atoms with E-state index in [9.17, 15) is 18.3 Å².